The number of aromatic nitrogens is 2. The Kier molecular flexibility index (Phi) is 4.96. The number of nitrogens with zero attached hydrogens (tertiary/aromatic N) is 2. The number of aryl methyl sites for hydroxylation is 1. The lowest BCUT2D eigenvalue weighted by Gasteiger charge is -2.19. The van der Waals surface area contributed by atoms with Crippen LogP contribution < -0.4 is 5.32 Å². The van der Waals surface area contributed by atoms with Gasteiger partial charge in [0.1, 0.15) is 11.0 Å². The SMILES string of the molecule is Cn1nccc1[C@@H]1OCC[C@H]1CNC(=O)Cc1csc(C(=O)O)c1. The average Bonchev–Trinajstić information content (AvgIpc) is 3.25. The number of carboxylic acid groups (broad SMARTS) is 1. The molecule has 0 unspecified atom stereocenters. The molecule has 1 aliphatic heterocycles. The number of thiophene rings is 1. The Morgan fingerprint density at radius 2 is 2.38 bits per heavy atom. The minimum absolute atomic E-state index is 0.0578. The lowest BCUT2D eigenvalue weighted by Crippen LogP contribution is -2.32. The van der Waals surface area contributed by atoms with Crippen molar-refractivity contribution < 1.29 is 19.4 Å². The summed E-state index contributed by atoms with van der Waals surface area (Å²) >= 11 is 1.13. The summed E-state index contributed by atoms with van der Waals surface area (Å²) in [7, 11) is 1.88. The van der Waals surface area contributed by atoms with E-state index in [4.69, 9.17) is 9.84 Å². The number of hydrogen-bond donors (Lipinski definition) is 2. The van der Waals surface area contributed by atoms with Crippen molar-refractivity contribution in [2.24, 2.45) is 13.0 Å². The van der Waals surface area contributed by atoms with Gasteiger partial charge in [-0.3, -0.25) is 9.48 Å². The molecule has 1 saturated heterocycles. The molecule has 2 aromatic rings. The topological polar surface area (TPSA) is 93.5 Å². The molecule has 24 heavy (non-hydrogen) atoms. The number of rotatable bonds is 6. The van der Waals surface area contributed by atoms with Crippen LogP contribution in [0.5, 0.6) is 0 Å². The van der Waals surface area contributed by atoms with E-state index in [1.807, 2.05) is 13.1 Å². The minimum atomic E-state index is -0.964. The monoisotopic (exact) mass is 349 g/mol. The molecule has 1 amide bonds. The highest BCUT2D eigenvalue weighted by Crippen LogP contribution is 2.33. The molecule has 128 valence electrons. The van der Waals surface area contributed by atoms with Gasteiger partial charge < -0.3 is 15.2 Å². The molecule has 0 bridgehead atoms. The summed E-state index contributed by atoms with van der Waals surface area (Å²) in [6.07, 6.45) is 2.76. The van der Waals surface area contributed by atoms with E-state index in [9.17, 15) is 9.59 Å². The molecular formula is C16H19N3O4S. The number of carbonyl (C=O) groups excluding carboxylic acids is 1. The smallest absolute Gasteiger partial charge is 0.345 e. The van der Waals surface area contributed by atoms with Crippen LogP contribution in [0.4, 0.5) is 0 Å². The highest BCUT2D eigenvalue weighted by molar-refractivity contribution is 7.12. The van der Waals surface area contributed by atoms with Gasteiger partial charge in [-0.1, -0.05) is 0 Å². The largest absolute Gasteiger partial charge is 0.477 e. The maximum absolute atomic E-state index is 12.1. The first kappa shape index (κ1) is 16.7. The zero-order chi connectivity index (χ0) is 17.1. The van der Waals surface area contributed by atoms with E-state index in [2.05, 4.69) is 10.4 Å². The molecule has 0 spiro atoms. The summed E-state index contributed by atoms with van der Waals surface area (Å²) in [4.78, 5) is 23.2. The van der Waals surface area contributed by atoms with Crippen LogP contribution in [0.2, 0.25) is 0 Å². The molecule has 2 atom stereocenters. The van der Waals surface area contributed by atoms with Gasteiger partial charge in [-0.2, -0.15) is 5.10 Å². The summed E-state index contributed by atoms with van der Waals surface area (Å²) in [5.74, 6) is -0.865. The van der Waals surface area contributed by atoms with E-state index >= 15 is 0 Å². The zero-order valence-corrected chi connectivity index (χ0v) is 14.1. The normalized spacial score (nSPS) is 20.2. The number of nitrogens with one attached hydrogen (secondary N) is 1. The molecule has 0 saturated carbocycles. The second-order valence-corrected chi connectivity index (χ2v) is 6.74. The molecule has 0 aromatic carbocycles. The van der Waals surface area contributed by atoms with Crippen molar-refractivity contribution >= 4 is 23.2 Å². The summed E-state index contributed by atoms with van der Waals surface area (Å²) in [5, 5.41) is 17.7. The maximum Gasteiger partial charge on any atom is 0.345 e. The fraction of sp³-hybridized carbons (Fsp3) is 0.438. The van der Waals surface area contributed by atoms with Crippen LogP contribution in [0, 0.1) is 5.92 Å². The van der Waals surface area contributed by atoms with Gasteiger partial charge in [0.15, 0.2) is 0 Å². The number of carboxylic acids is 1. The van der Waals surface area contributed by atoms with Crippen molar-refractivity contribution in [3.8, 4) is 0 Å². The third-order valence-corrected chi connectivity index (χ3v) is 5.12. The lowest BCUT2D eigenvalue weighted by molar-refractivity contribution is -0.120. The Morgan fingerprint density at radius 1 is 1.54 bits per heavy atom. The second-order valence-electron chi connectivity index (χ2n) is 5.83. The summed E-state index contributed by atoms with van der Waals surface area (Å²) in [5.41, 5.74) is 1.73. The number of hydrogen-bond acceptors (Lipinski definition) is 5. The Hall–Kier alpha value is -2.19. The van der Waals surface area contributed by atoms with Gasteiger partial charge in [0, 0.05) is 32.3 Å². The Balaban J connectivity index is 1.53. The standard InChI is InChI=1S/C16H19N3O4S/c1-19-12(2-4-18-19)15-11(3-5-23-15)8-17-14(20)7-10-6-13(16(21)22)24-9-10/h2,4,6,9,11,15H,3,5,7-8H2,1H3,(H,17,20)(H,21,22)/t11-,15+/m0/s1. The van der Waals surface area contributed by atoms with E-state index in [0.29, 0.717) is 13.2 Å². The van der Waals surface area contributed by atoms with Crippen LogP contribution in [-0.2, 0) is 23.0 Å². The number of carbonyl (C=O) groups is 2. The van der Waals surface area contributed by atoms with E-state index in [1.165, 1.54) is 0 Å². The first-order chi connectivity index (χ1) is 11.5. The fourth-order valence-corrected chi connectivity index (χ4v) is 3.66. The van der Waals surface area contributed by atoms with Crippen molar-refractivity contribution in [1.82, 2.24) is 15.1 Å². The highest BCUT2D eigenvalue weighted by Gasteiger charge is 2.31. The summed E-state index contributed by atoms with van der Waals surface area (Å²) < 4.78 is 7.59. The van der Waals surface area contributed by atoms with Gasteiger partial charge in [-0.05, 0) is 29.5 Å². The molecule has 8 heteroatoms. The Bertz CT molecular complexity index is 739. The molecule has 1 aliphatic rings. The summed E-state index contributed by atoms with van der Waals surface area (Å²) in [6.45, 7) is 1.20. The van der Waals surface area contributed by atoms with Crippen LogP contribution in [0.15, 0.2) is 23.7 Å². The van der Waals surface area contributed by atoms with Gasteiger partial charge in [0.25, 0.3) is 0 Å². The molecule has 3 heterocycles. The van der Waals surface area contributed by atoms with Gasteiger partial charge in [-0.15, -0.1) is 11.3 Å². The molecule has 1 fully saturated rings. The minimum Gasteiger partial charge on any atom is -0.477 e. The van der Waals surface area contributed by atoms with E-state index in [1.54, 1.807) is 22.3 Å². The third-order valence-electron chi connectivity index (χ3n) is 4.16. The number of ether oxygens (including phenoxy) is 1. The Labute approximate surface area is 143 Å². The zero-order valence-electron chi connectivity index (χ0n) is 13.3. The fourth-order valence-electron chi connectivity index (χ4n) is 2.91. The Morgan fingerprint density at radius 3 is 3.04 bits per heavy atom. The van der Waals surface area contributed by atoms with E-state index in [-0.39, 0.29) is 29.2 Å². The molecule has 0 aliphatic carbocycles. The van der Waals surface area contributed by atoms with Crippen molar-refractivity contribution in [3.63, 3.8) is 0 Å². The summed E-state index contributed by atoms with van der Waals surface area (Å²) in [6, 6.07) is 3.48. The van der Waals surface area contributed by atoms with Gasteiger partial charge in [0.2, 0.25) is 5.91 Å². The molecule has 0 radical (unpaired) electrons. The maximum atomic E-state index is 12.1. The van der Waals surface area contributed by atoms with Gasteiger partial charge >= 0.3 is 5.97 Å². The average molecular weight is 349 g/mol. The first-order valence-electron chi connectivity index (χ1n) is 7.71. The third kappa shape index (κ3) is 3.65. The lowest BCUT2D eigenvalue weighted by atomic mass is 9.99. The van der Waals surface area contributed by atoms with Gasteiger partial charge in [0.05, 0.1) is 12.1 Å². The highest BCUT2D eigenvalue weighted by atomic mass is 32.1. The van der Waals surface area contributed by atoms with Crippen LogP contribution in [0.3, 0.4) is 0 Å². The van der Waals surface area contributed by atoms with Crippen molar-refractivity contribution in [3.05, 3.63) is 39.8 Å². The number of amides is 1. The number of aromatic carboxylic acids is 1. The van der Waals surface area contributed by atoms with Crippen molar-refractivity contribution in [2.45, 2.75) is 18.9 Å². The van der Waals surface area contributed by atoms with Crippen molar-refractivity contribution in [1.29, 1.82) is 0 Å². The first-order valence-corrected chi connectivity index (χ1v) is 8.59. The van der Waals surface area contributed by atoms with Crippen molar-refractivity contribution in [2.75, 3.05) is 13.2 Å². The van der Waals surface area contributed by atoms with Crippen LogP contribution in [0.25, 0.3) is 0 Å². The van der Waals surface area contributed by atoms with Gasteiger partial charge in [-0.25, -0.2) is 4.79 Å². The van der Waals surface area contributed by atoms with E-state index < -0.39 is 5.97 Å². The van der Waals surface area contributed by atoms with Crippen LogP contribution in [0.1, 0.15) is 33.5 Å². The molecule has 2 aromatic heterocycles. The molecule has 3 rings (SSSR count). The molecular weight excluding hydrogens is 330 g/mol. The quantitative estimate of drug-likeness (QED) is 0.826. The molecule has 2 N–H and O–H groups in total. The predicted molar refractivity (Wildman–Crippen MR) is 88.0 cm³/mol. The van der Waals surface area contributed by atoms with Crippen LogP contribution >= 0.6 is 11.3 Å². The predicted octanol–water partition coefficient (Wildman–Crippen LogP) is 1.62. The molecule has 7 nitrogen and oxygen atoms in total. The van der Waals surface area contributed by atoms with Crippen LogP contribution in [-0.4, -0.2) is 39.9 Å². The van der Waals surface area contributed by atoms with E-state index in [0.717, 1.165) is 29.0 Å². The second kappa shape index (κ2) is 7.14.